The number of aliphatic hydroxyl groups excluding tert-OH is 1. The minimum absolute atomic E-state index is 0.0883. The maximum Gasteiger partial charge on any atom is 0.441 e. The zero-order valence-electron chi connectivity index (χ0n) is 16.7. The van der Waals surface area contributed by atoms with E-state index < -0.39 is 11.9 Å². The van der Waals surface area contributed by atoms with E-state index in [2.05, 4.69) is 15.4 Å². The lowest BCUT2D eigenvalue weighted by molar-refractivity contribution is -0.114. The molecule has 8 nitrogen and oxygen atoms in total. The van der Waals surface area contributed by atoms with E-state index in [0.717, 1.165) is 35.3 Å². The van der Waals surface area contributed by atoms with Crippen LogP contribution in [0.2, 0.25) is 0 Å². The van der Waals surface area contributed by atoms with Crippen LogP contribution < -0.4 is 11.1 Å². The summed E-state index contributed by atoms with van der Waals surface area (Å²) in [7, 11) is 0. The van der Waals surface area contributed by atoms with Gasteiger partial charge >= 0.3 is 5.76 Å². The molecule has 30 heavy (non-hydrogen) atoms. The van der Waals surface area contributed by atoms with E-state index in [9.17, 15) is 14.7 Å². The van der Waals surface area contributed by atoms with Gasteiger partial charge in [-0.3, -0.25) is 18.8 Å². The van der Waals surface area contributed by atoms with Gasteiger partial charge in [-0.1, -0.05) is 47.6 Å². The average molecular weight is 408 g/mol. The van der Waals surface area contributed by atoms with E-state index in [0.29, 0.717) is 18.9 Å². The second-order valence-corrected chi connectivity index (χ2v) is 7.51. The van der Waals surface area contributed by atoms with Crippen molar-refractivity contribution in [2.75, 3.05) is 18.4 Å². The standard InChI is InChI=1S/C22H24N4O4/c1-15(27)23-20-9-5-8-17-12-25(11-10-19(17)20)13-18(28)14-26-21(24-30-22(26)29)16-6-3-2-4-7-16/h2-9,18,28H,10-14H2,1H3,(H,23,27). The summed E-state index contributed by atoms with van der Waals surface area (Å²) in [5, 5.41) is 17.4. The van der Waals surface area contributed by atoms with E-state index in [4.69, 9.17) is 4.52 Å². The van der Waals surface area contributed by atoms with Gasteiger partial charge in [-0.05, 0) is 23.6 Å². The molecule has 2 N–H and O–H groups in total. The molecule has 3 aromatic rings. The molecule has 0 saturated carbocycles. The third-order valence-electron chi connectivity index (χ3n) is 5.24. The first kappa shape index (κ1) is 20.1. The van der Waals surface area contributed by atoms with Gasteiger partial charge in [-0.25, -0.2) is 4.79 Å². The molecule has 1 amide bonds. The Bertz CT molecular complexity index is 1090. The number of anilines is 1. The number of aromatic nitrogens is 2. The average Bonchev–Trinajstić information content (AvgIpc) is 3.08. The number of nitrogens with one attached hydrogen (secondary N) is 1. The number of hydrogen-bond acceptors (Lipinski definition) is 6. The molecule has 1 aliphatic heterocycles. The van der Waals surface area contributed by atoms with Crippen LogP contribution in [0.3, 0.4) is 0 Å². The first-order chi connectivity index (χ1) is 14.5. The first-order valence-corrected chi connectivity index (χ1v) is 9.92. The number of carbonyl (C=O) groups is 1. The predicted molar refractivity (Wildman–Crippen MR) is 112 cm³/mol. The minimum Gasteiger partial charge on any atom is -0.390 e. The van der Waals surface area contributed by atoms with Crippen molar-refractivity contribution in [1.82, 2.24) is 14.6 Å². The molecule has 0 spiro atoms. The lowest BCUT2D eigenvalue weighted by Crippen LogP contribution is -2.39. The van der Waals surface area contributed by atoms with Crippen molar-refractivity contribution in [3.8, 4) is 11.4 Å². The third kappa shape index (κ3) is 4.34. The minimum atomic E-state index is -0.760. The largest absolute Gasteiger partial charge is 0.441 e. The molecule has 0 bridgehead atoms. The summed E-state index contributed by atoms with van der Waals surface area (Å²) < 4.78 is 6.20. The molecule has 156 valence electrons. The molecule has 0 radical (unpaired) electrons. The summed E-state index contributed by atoms with van der Waals surface area (Å²) in [6.45, 7) is 3.44. The van der Waals surface area contributed by atoms with E-state index in [1.165, 1.54) is 11.5 Å². The Kier molecular flexibility index (Phi) is 5.78. The molecule has 0 fully saturated rings. The summed E-state index contributed by atoms with van der Waals surface area (Å²) in [5.41, 5.74) is 3.88. The van der Waals surface area contributed by atoms with Crippen molar-refractivity contribution in [3.05, 3.63) is 70.2 Å². The summed E-state index contributed by atoms with van der Waals surface area (Å²) >= 11 is 0. The Hall–Kier alpha value is -3.23. The number of nitrogens with zero attached hydrogens (tertiary/aromatic N) is 3. The van der Waals surface area contributed by atoms with Gasteiger partial charge in [-0.2, -0.15) is 0 Å². The molecule has 2 aromatic carbocycles. The highest BCUT2D eigenvalue weighted by molar-refractivity contribution is 5.89. The van der Waals surface area contributed by atoms with Crippen LogP contribution in [-0.4, -0.2) is 44.8 Å². The molecule has 1 atom stereocenters. The van der Waals surface area contributed by atoms with Crippen molar-refractivity contribution in [2.24, 2.45) is 0 Å². The lowest BCUT2D eigenvalue weighted by atomic mass is 9.97. The van der Waals surface area contributed by atoms with Gasteiger partial charge in [0.1, 0.15) is 0 Å². The molecule has 4 rings (SSSR count). The van der Waals surface area contributed by atoms with E-state index in [1.807, 2.05) is 48.5 Å². The molecule has 0 aliphatic carbocycles. The van der Waals surface area contributed by atoms with Crippen molar-refractivity contribution in [3.63, 3.8) is 0 Å². The molecule has 2 heterocycles. The number of rotatable bonds is 6. The van der Waals surface area contributed by atoms with E-state index >= 15 is 0 Å². The van der Waals surface area contributed by atoms with Gasteiger partial charge in [0.2, 0.25) is 5.91 Å². The zero-order valence-corrected chi connectivity index (χ0v) is 16.7. The lowest BCUT2D eigenvalue weighted by Gasteiger charge is -2.31. The van der Waals surface area contributed by atoms with Gasteiger partial charge in [0.15, 0.2) is 5.82 Å². The van der Waals surface area contributed by atoms with Gasteiger partial charge in [0.25, 0.3) is 0 Å². The van der Waals surface area contributed by atoms with Crippen LogP contribution in [0.25, 0.3) is 11.4 Å². The highest BCUT2D eigenvalue weighted by atomic mass is 16.5. The molecule has 1 aliphatic rings. The topological polar surface area (TPSA) is 101 Å². The summed E-state index contributed by atoms with van der Waals surface area (Å²) in [5.74, 6) is -0.268. The smallest absolute Gasteiger partial charge is 0.390 e. The monoisotopic (exact) mass is 408 g/mol. The van der Waals surface area contributed by atoms with Gasteiger partial charge < -0.3 is 10.4 Å². The molecule has 0 saturated heterocycles. The molecule has 1 aromatic heterocycles. The quantitative estimate of drug-likeness (QED) is 0.646. The normalized spacial score (nSPS) is 14.9. The van der Waals surface area contributed by atoms with Gasteiger partial charge in [-0.15, -0.1) is 0 Å². The van der Waals surface area contributed by atoms with Crippen molar-refractivity contribution >= 4 is 11.6 Å². The zero-order chi connectivity index (χ0) is 21.1. The maximum absolute atomic E-state index is 12.1. The first-order valence-electron chi connectivity index (χ1n) is 9.92. The Labute approximate surface area is 173 Å². The number of hydrogen-bond donors (Lipinski definition) is 2. The SMILES string of the molecule is CC(=O)Nc1cccc2c1CCN(CC(O)Cn1c(-c3ccccc3)noc1=O)C2. The number of aliphatic hydroxyl groups is 1. The Morgan fingerprint density at radius 2 is 2.00 bits per heavy atom. The Morgan fingerprint density at radius 3 is 2.77 bits per heavy atom. The third-order valence-corrected chi connectivity index (χ3v) is 5.24. The van der Waals surface area contributed by atoms with Gasteiger partial charge in [0, 0.05) is 37.8 Å². The van der Waals surface area contributed by atoms with Crippen LogP contribution in [0, 0.1) is 0 Å². The van der Waals surface area contributed by atoms with Crippen molar-refractivity contribution < 1.29 is 14.4 Å². The maximum atomic E-state index is 12.1. The predicted octanol–water partition coefficient (Wildman–Crippen LogP) is 1.88. The molecular weight excluding hydrogens is 384 g/mol. The second kappa shape index (κ2) is 8.64. The molecular formula is C22H24N4O4. The van der Waals surface area contributed by atoms with Crippen molar-refractivity contribution in [2.45, 2.75) is 32.5 Å². The Balaban J connectivity index is 1.44. The van der Waals surface area contributed by atoms with Crippen LogP contribution >= 0.6 is 0 Å². The van der Waals surface area contributed by atoms with E-state index in [-0.39, 0.29) is 12.5 Å². The fourth-order valence-corrected chi connectivity index (χ4v) is 3.92. The van der Waals surface area contributed by atoms with Crippen molar-refractivity contribution in [1.29, 1.82) is 0 Å². The number of carbonyl (C=O) groups excluding carboxylic acids is 1. The summed E-state index contributed by atoms with van der Waals surface area (Å²) in [6.07, 6.45) is 0.0192. The van der Waals surface area contributed by atoms with Gasteiger partial charge in [0.05, 0.1) is 12.6 Å². The highest BCUT2D eigenvalue weighted by Gasteiger charge is 2.23. The van der Waals surface area contributed by atoms with Crippen LogP contribution in [0.15, 0.2) is 57.8 Å². The Morgan fingerprint density at radius 1 is 1.20 bits per heavy atom. The highest BCUT2D eigenvalue weighted by Crippen LogP contribution is 2.26. The fourth-order valence-electron chi connectivity index (χ4n) is 3.92. The molecule has 8 heteroatoms. The van der Waals surface area contributed by atoms with Crippen LogP contribution in [0.4, 0.5) is 5.69 Å². The van der Waals surface area contributed by atoms with Crippen LogP contribution in [-0.2, 0) is 24.3 Å². The molecule has 1 unspecified atom stereocenters. The summed E-state index contributed by atoms with van der Waals surface area (Å²) in [4.78, 5) is 25.7. The van der Waals surface area contributed by atoms with E-state index in [1.54, 1.807) is 0 Å². The number of fused-ring (bicyclic) bond motifs is 1. The fraction of sp³-hybridized carbons (Fsp3) is 0.318. The van der Waals surface area contributed by atoms with Crippen LogP contribution in [0.1, 0.15) is 18.1 Å². The number of benzene rings is 2. The number of β-amino-alcohol motifs (C(OH)–C–C–N with tert-alkyl or cyclic N) is 1. The van der Waals surface area contributed by atoms with Crippen LogP contribution in [0.5, 0.6) is 0 Å². The summed E-state index contributed by atoms with van der Waals surface area (Å²) in [6, 6.07) is 15.2. The number of amides is 1. The second-order valence-electron chi connectivity index (χ2n) is 7.51.